The lowest BCUT2D eigenvalue weighted by molar-refractivity contribution is -0.140. The third-order valence-electron chi connectivity index (χ3n) is 6.68. The maximum Gasteiger partial charge on any atom is 0.413 e. The highest BCUT2D eigenvalue weighted by atomic mass is 35.5. The molecular weight excluding hydrogens is 532 g/mol. The van der Waals surface area contributed by atoms with Crippen LogP contribution in [0, 0.1) is 5.82 Å². The summed E-state index contributed by atoms with van der Waals surface area (Å²) >= 11 is 12.7. The number of carbonyl (C=O) groups excluding carboxylic acids is 1. The third-order valence-corrected chi connectivity index (χ3v) is 7.33. The Morgan fingerprint density at radius 2 is 1.79 bits per heavy atom. The average molecular weight is 554 g/mol. The van der Waals surface area contributed by atoms with Gasteiger partial charge in [0.2, 0.25) is 0 Å². The molecule has 1 amide bonds. The Hall–Kier alpha value is -3.88. The van der Waals surface area contributed by atoms with E-state index in [4.69, 9.17) is 27.9 Å². The summed E-state index contributed by atoms with van der Waals surface area (Å²) < 4.78 is 21.2. The fourth-order valence-electron chi connectivity index (χ4n) is 4.37. The number of halogens is 3. The van der Waals surface area contributed by atoms with E-state index < -0.39 is 29.4 Å². The van der Waals surface area contributed by atoms with Crippen LogP contribution in [0.5, 0.6) is 0 Å². The van der Waals surface area contributed by atoms with E-state index in [0.29, 0.717) is 39.7 Å². The number of nitrogens with zero attached hydrogens (tertiary/aromatic N) is 2. The number of ether oxygens (including phenoxy) is 1. The van der Waals surface area contributed by atoms with Gasteiger partial charge in [0.1, 0.15) is 6.10 Å². The number of nitrogens with one attached hydrogen (secondary N) is 1. The Kier molecular flexibility index (Phi) is 6.86. The van der Waals surface area contributed by atoms with Crippen LogP contribution in [0.25, 0.3) is 16.8 Å². The van der Waals surface area contributed by atoms with Crippen molar-refractivity contribution < 1.29 is 23.8 Å². The Balaban J connectivity index is 1.33. The van der Waals surface area contributed by atoms with Gasteiger partial charge in [-0.3, -0.25) is 10.1 Å². The molecule has 5 rings (SSSR count). The molecule has 0 bridgehead atoms. The summed E-state index contributed by atoms with van der Waals surface area (Å²) in [4.78, 5) is 24.2. The number of rotatable bonds is 7. The van der Waals surface area contributed by atoms with E-state index in [1.54, 1.807) is 73.7 Å². The second kappa shape index (κ2) is 10.1. The predicted octanol–water partition coefficient (Wildman–Crippen LogP) is 7.41. The molecule has 1 heterocycles. The molecule has 0 radical (unpaired) electrons. The van der Waals surface area contributed by atoms with Crippen molar-refractivity contribution in [2.75, 3.05) is 5.32 Å². The van der Waals surface area contributed by atoms with Crippen LogP contribution in [0.15, 0.2) is 72.9 Å². The highest BCUT2D eigenvalue weighted by Gasteiger charge is 2.51. The van der Waals surface area contributed by atoms with Crippen molar-refractivity contribution in [3.05, 3.63) is 99.9 Å². The van der Waals surface area contributed by atoms with Crippen LogP contribution in [0.3, 0.4) is 0 Å². The van der Waals surface area contributed by atoms with Crippen molar-refractivity contribution in [2.24, 2.45) is 0 Å². The van der Waals surface area contributed by atoms with Gasteiger partial charge in [0.15, 0.2) is 11.6 Å². The quantitative estimate of drug-likeness (QED) is 0.248. The second-order valence-electron chi connectivity index (χ2n) is 9.08. The lowest BCUT2D eigenvalue weighted by Gasteiger charge is -2.16. The van der Waals surface area contributed by atoms with Gasteiger partial charge in [-0.1, -0.05) is 65.7 Å². The Morgan fingerprint density at radius 1 is 1.08 bits per heavy atom. The molecule has 1 aromatic heterocycles. The molecule has 10 heteroatoms. The Bertz CT molecular complexity index is 1530. The maximum absolute atomic E-state index is 14.5. The SMILES string of the molecule is C[C@@H](OC(=O)Nc1c(F)cnn1-c1ccc(-c2ccc(C3(C(=O)O)CC3)cc2Cl)cc1)c1ccccc1Cl. The van der Waals surface area contributed by atoms with E-state index in [0.717, 1.165) is 17.3 Å². The first-order valence-electron chi connectivity index (χ1n) is 11.8. The number of carboxylic acid groups (broad SMARTS) is 1. The first-order chi connectivity index (χ1) is 18.2. The number of carbonyl (C=O) groups is 2. The van der Waals surface area contributed by atoms with Crippen LogP contribution in [0.1, 0.15) is 37.0 Å². The van der Waals surface area contributed by atoms with Crippen LogP contribution in [-0.2, 0) is 14.9 Å². The molecule has 0 saturated heterocycles. The normalized spacial score (nSPS) is 14.5. The fourth-order valence-corrected chi connectivity index (χ4v) is 4.95. The summed E-state index contributed by atoms with van der Waals surface area (Å²) in [5.74, 6) is -1.76. The van der Waals surface area contributed by atoms with Crippen molar-refractivity contribution >= 4 is 41.1 Å². The van der Waals surface area contributed by atoms with E-state index in [9.17, 15) is 19.1 Å². The van der Waals surface area contributed by atoms with Gasteiger partial charge in [-0.2, -0.15) is 5.10 Å². The van der Waals surface area contributed by atoms with Crippen LogP contribution in [0.2, 0.25) is 10.0 Å². The number of amides is 1. The molecule has 0 unspecified atom stereocenters. The van der Waals surface area contributed by atoms with Crippen LogP contribution in [0.4, 0.5) is 15.0 Å². The van der Waals surface area contributed by atoms with Crippen molar-refractivity contribution in [1.29, 1.82) is 0 Å². The minimum absolute atomic E-state index is 0.181. The van der Waals surface area contributed by atoms with Crippen molar-refractivity contribution in [1.82, 2.24) is 9.78 Å². The highest BCUT2D eigenvalue weighted by Crippen LogP contribution is 2.49. The van der Waals surface area contributed by atoms with Crippen molar-refractivity contribution in [3.63, 3.8) is 0 Å². The minimum atomic E-state index is -0.864. The van der Waals surface area contributed by atoms with Gasteiger partial charge in [0.25, 0.3) is 0 Å². The minimum Gasteiger partial charge on any atom is -0.481 e. The number of aromatic nitrogens is 2. The number of anilines is 1. The van der Waals surface area contributed by atoms with Crippen molar-refractivity contribution in [3.8, 4) is 16.8 Å². The molecule has 0 aliphatic heterocycles. The molecule has 1 fully saturated rings. The average Bonchev–Trinajstić information content (AvgIpc) is 3.64. The summed E-state index contributed by atoms with van der Waals surface area (Å²) in [5.41, 5.74) is 2.46. The number of hydrogen-bond donors (Lipinski definition) is 2. The molecule has 3 aromatic carbocycles. The van der Waals surface area contributed by atoms with Gasteiger partial charge in [-0.15, -0.1) is 0 Å². The largest absolute Gasteiger partial charge is 0.481 e. The summed E-state index contributed by atoms with van der Waals surface area (Å²) in [7, 11) is 0. The zero-order chi connectivity index (χ0) is 27.0. The standard InChI is InChI=1S/C28H22Cl2FN3O4/c1-16(20-4-2-3-5-22(20)29)38-27(37)33-25-24(31)15-32-34(25)19-9-6-17(7-10-19)21-11-8-18(14-23(21)30)28(12-13-28)26(35)36/h2-11,14-16H,12-13H2,1H3,(H,33,37)(H,35,36)/t16-/m1/s1. The van der Waals surface area contributed by atoms with Crippen molar-refractivity contribution in [2.45, 2.75) is 31.3 Å². The van der Waals surface area contributed by atoms with E-state index in [1.165, 1.54) is 4.68 Å². The zero-order valence-corrected chi connectivity index (χ0v) is 21.6. The summed E-state index contributed by atoms with van der Waals surface area (Å²) in [5, 5.41) is 16.9. The van der Waals surface area contributed by atoms with Gasteiger partial charge in [-0.25, -0.2) is 13.9 Å². The van der Waals surface area contributed by atoms with Gasteiger partial charge in [0, 0.05) is 21.2 Å². The lowest BCUT2D eigenvalue weighted by Crippen LogP contribution is -2.19. The molecule has 2 N–H and O–H groups in total. The second-order valence-corrected chi connectivity index (χ2v) is 9.89. The first-order valence-corrected chi connectivity index (χ1v) is 12.5. The predicted molar refractivity (Wildman–Crippen MR) is 142 cm³/mol. The molecule has 7 nitrogen and oxygen atoms in total. The molecule has 38 heavy (non-hydrogen) atoms. The maximum atomic E-state index is 14.5. The van der Waals surface area contributed by atoms with Gasteiger partial charge < -0.3 is 9.84 Å². The summed E-state index contributed by atoms with van der Waals surface area (Å²) in [6, 6.07) is 19.2. The summed E-state index contributed by atoms with van der Waals surface area (Å²) in [6.07, 6.45) is 0.652. The molecule has 1 aliphatic carbocycles. The Labute approximate surface area is 227 Å². The van der Waals surface area contributed by atoms with Gasteiger partial charge >= 0.3 is 12.1 Å². The summed E-state index contributed by atoms with van der Waals surface area (Å²) in [6.45, 7) is 1.66. The smallest absolute Gasteiger partial charge is 0.413 e. The first kappa shape index (κ1) is 25.8. The van der Waals surface area contributed by atoms with Crippen LogP contribution in [-0.4, -0.2) is 26.9 Å². The van der Waals surface area contributed by atoms with E-state index in [1.807, 2.05) is 0 Å². The van der Waals surface area contributed by atoms with Gasteiger partial charge in [0.05, 0.1) is 17.3 Å². The monoisotopic (exact) mass is 553 g/mol. The number of benzene rings is 3. The Morgan fingerprint density at radius 3 is 2.42 bits per heavy atom. The van der Waals surface area contributed by atoms with E-state index in [2.05, 4.69) is 10.4 Å². The third kappa shape index (κ3) is 4.85. The molecular formula is C28H22Cl2FN3O4. The molecule has 194 valence electrons. The molecule has 0 spiro atoms. The topological polar surface area (TPSA) is 93.5 Å². The highest BCUT2D eigenvalue weighted by molar-refractivity contribution is 6.33. The van der Waals surface area contributed by atoms with E-state index >= 15 is 0 Å². The molecule has 4 aromatic rings. The van der Waals surface area contributed by atoms with E-state index in [-0.39, 0.29) is 5.82 Å². The lowest BCUT2D eigenvalue weighted by atomic mass is 9.93. The molecule has 1 atom stereocenters. The number of carboxylic acids is 1. The molecule has 1 saturated carbocycles. The molecule has 1 aliphatic rings. The van der Waals surface area contributed by atoms with Crippen LogP contribution >= 0.6 is 23.2 Å². The van der Waals surface area contributed by atoms with Crippen LogP contribution < -0.4 is 5.32 Å². The number of hydrogen-bond acceptors (Lipinski definition) is 4. The fraction of sp³-hybridized carbons (Fsp3) is 0.179. The zero-order valence-electron chi connectivity index (χ0n) is 20.1. The van der Waals surface area contributed by atoms with Gasteiger partial charge in [-0.05, 0) is 55.2 Å². The number of aliphatic carboxylic acids is 1.